The Balaban J connectivity index is 1.23. The number of fused-ring (bicyclic) bond motifs is 1. The van der Waals surface area contributed by atoms with E-state index in [1.807, 2.05) is 31.4 Å². The summed E-state index contributed by atoms with van der Waals surface area (Å²) in [6, 6.07) is 6.71. The summed E-state index contributed by atoms with van der Waals surface area (Å²) in [4.78, 5) is 21.7. The van der Waals surface area contributed by atoms with E-state index in [-0.39, 0.29) is 34.5 Å². The molecule has 0 radical (unpaired) electrons. The maximum absolute atomic E-state index is 15.0. The fraction of sp³-hybridized carbons (Fsp3) is 0.429. The van der Waals surface area contributed by atoms with Gasteiger partial charge < -0.3 is 14.8 Å². The summed E-state index contributed by atoms with van der Waals surface area (Å²) in [5.74, 6) is -0.155. The Morgan fingerprint density at radius 2 is 1.74 bits per heavy atom. The second-order valence-corrected chi connectivity index (χ2v) is 12.3. The number of nitrogens with one attached hydrogen (secondary N) is 1. The van der Waals surface area contributed by atoms with Gasteiger partial charge in [0.25, 0.3) is 10.1 Å². The van der Waals surface area contributed by atoms with E-state index in [1.54, 1.807) is 18.3 Å². The number of anilines is 2. The number of halogens is 2. The first-order valence-electron chi connectivity index (χ1n) is 13.8. The average Bonchev–Trinajstić information content (AvgIpc) is 3.28. The lowest BCUT2D eigenvalue weighted by molar-refractivity contribution is 0.127. The van der Waals surface area contributed by atoms with Crippen LogP contribution in [0.15, 0.2) is 36.7 Å². The van der Waals surface area contributed by atoms with Crippen LogP contribution in [0.3, 0.4) is 0 Å². The number of piperazine rings is 1. The topological polar surface area (TPSA) is 129 Å². The van der Waals surface area contributed by atoms with Gasteiger partial charge in [0, 0.05) is 50.5 Å². The third-order valence-corrected chi connectivity index (χ3v) is 8.08. The minimum absolute atomic E-state index is 0.0313. The highest BCUT2D eigenvalue weighted by atomic mass is 32.2. The van der Waals surface area contributed by atoms with Gasteiger partial charge in [0.15, 0.2) is 11.6 Å². The highest BCUT2D eigenvalue weighted by Gasteiger charge is 2.20. The highest BCUT2D eigenvalue weighted by molar-refractivity contribution is 7.85. The lowest BCUT2D eigenvalue weighted by atomic mass is 10.1. The Hall–Kier alpha value is -3.59. The van der Waals surface area contributed by atoms with Gasteiger partial charge >= 0.3 is 0 Å². The van der Waals surface area contributed by atoms with E-state index in [4.69, 9.17) is 4.55 Å². The zero-order chi connectivity index (χ0) is 30.0. The third-order valence-electron chi connectivity index (χ3n) is 7.27. The van der Waals surface area contributed by atoms with Gasteiger partial charge in [-0.15, -0.1) is 0 Å². The molecule has 1 saturated heterocycles. The van der Waals surface area contributed by atoms with Crippen LogP contribution in [0.2, 0.25) is 0 Å². The van der Waals surface area contributed by atoms with Crippen molar-refractivity contribution in [3.63, 3.8) is 0 Å². The zero-order valence-electron chi connectivity index (χ0n) is 23.8. The predicted molar refractivity (Wildman–Crippen MR) is 156 cm³/mol. The summed E-state index contributed by atoms with van der Waals surface area (Å²) in [7, 11) is -3.92. The zero-order valence-corrected chi connectivity index (χ0v) is 24.6. The largest absolute Gasteiger partial charge is 0.326 e. The van der Waals surface area contributed by atoms with E-state index >= 15 is 0 Å². The van der Waals surface area contributed by atoms with Crippen molar-refractivity contribution in [3.05, 3.63) is 59.7 Å². The van der Waals surface area contributed by atoms with E-state index in [0.29, 0.717) is 36.7 Å². The molecule has 224 valence electrons. The Kier molecular flexibility index (Phi) is 8.78. The maximum atomic E-state index is 15.0. The summed E-state index contributed by atoms with van der Waals surface area (Å²) in [6.07, 6.45) is 3.21. The van der Waals surface area contributed by atoms with Crippen LogP contribution in [0.5, 0.6) is 0 Å². The molecule has 1 aliphatic heterocycles. The Bertz CT molecular complexity index is 1670. The summed E-state index contributed by atoms with van der Waals surface area (Å²) in [5.41, 5.74) is 2.07. The van der Waals surface area contributed by atoms with E-state index < -0.39 is 21.8 Å². The van der Waals surface area contributed by atoms with Crippen molar-refractivity contribution in [1.82, 2.24) is 34.3 Å². The number of aryl methyl sites for hydroxylation is 1. The van der Waals surface area contributed by atoms with Crippen LogP contribution in [0, 0.1) is 18.6 Å². The number of pyridine rings is 1. The molecule has 0 amide bonds. The van der Waals surface area contributed by atoms with Crippen molar-refractivity contribution >= 4 is 32.9 Å². The Labute approximate surface area is 243 Å². The SMILES string of the molecule is Cc1nc2c(F)cc(-c3nc(Nc4ccc(CN5CCN(CCCS(=O)(=O)O)CC5)cn4)ncc3F)cc2n1C(C)C. The first-order chi connectivity index (χ1) is 20.0. The van der Waals surface area contributed by atoms with E-state index in [2.05, 4.69) is 35.1 Å². The van der Waals surface area contributed by atoms with Crippen molar-refractivity contribution in [3.8, 4) is 11.3 Å². The van der Waals surface area contributed by atoms with Crippen LogP contribution < -0.4 is 5.32 Å². The maximum Gasteiger partial charge on any atom is 0.264 e. The predicted octanol–water partition coefficient (Wildman–Crippen LogP) is 4.19. The Morgan fingerprint density at radius 3 is 2.40 bits per heavy atom. The van der Waals surface area contributed by atoms with Gasteiger partial charge in [-0.1, -0.05) is 6.07 Å². The fourth-order valence-corrected chi connectivity index (χ4v) is 5.79. The summed E-state index contributed by atoms with van der Waals surface area (Å²) in [5, 5.41) is 3.00. The summed E-state index contributed by atoms with van der Waals surface area (Å²) < 4.78 is 62.4. The van der Waals surface area contributed by atoms with Crippen LogP contribution in [0.4, 0.5) is 20.5 Å². The van der Waals surface area contributed by atoms with Crippen LogP contribution in [-0.2, 0) is 16.7 Å². The van der Waals surface area contributed by atoms with Crippen molar-refractivity contribution in [2.75, 3.05) is 43.8 Å². The molecule has 0 saturated carbocycles. The molecule has 0 bridgehead atoms. The molecule has 42 heavy (non-hydrogen) atoms. The van der Waals surface area contributed by atoms with Gasteiger partial charge in [0.05, 0.1) is 17.5 Å². The molecule has 1 fully saturated rings. The normalized spacial score (nSPS) is 15.1. The lowest BCUT2D eigenvalue weighted by Gasteiger charge is -2.34. The molecule has 4 aromatic rings. The van der Waals surface area contributed by atoms with Crippen LogP contribution >= 0.6 is 0 Å². The highest BCUT2D eigenvalue weighted by Crippen LogP contribution is 2.30. The number of hydrogen-bond donors (Lipinski definition) is 2. The monoisotopic (exact) mass is 600 g/mol. The molecule has 1 aliphatic rings. The number of nitrogens with zero attached hydrogens (tertiary/aromatic N) is 7. The van der Waals surface area contributed by atoms with Gasteiger partial charge in [-0.2, -0.15) is 8.42 Å². The van der Waals surface area contributed by atoms with Gasteiger partial charge in [0.2, 0.25) is 5.95 Å². The first kappa shape index (κ1) is 29.9. The number of hydrogen-bond acceptors (Lipinski definition) is 9. The van der Waals surface area contributed by atoms with Gasteiger partial charge in [-0.25, -0.2) is 28.7 Å². The van der Waals surface area contributed by atoms with Gasteiger partial charge in [-0.05, 0) is 57.5 Å². The minimum Gasteiger partial charge on any atom is -0.326 e. The molecule has 5 rings (SSSR count). The second kappa shape index (κ2) is 12.3. The molecular weight excluding hydrogens is 566 g/mol. The van der Waals surface area contributed by atoms with Crippen molar-refractivity contribution in [2.24, 2.45) is 0 Å². The number of imidazole rings is 1. The molecule has 0 atom stereocenters. The molecule has 2 N–H and O–H groups in total. The molecule has 0 aliphatic carbocycles. The molecule has 4 heterocycles. The molecule has 0 spiro atoms. The van der Waals surface area contributed by atoms with Gasteiger partial charge in [-0.3, -0.25) is 9.45 Å². The standard InChI is InChI=1S/C28H34F2N8O3S/c1-18(2)38-19(3)33-27-22(29)13-21(14-24(27)38)26-23(30)16-32-28(35-26)34-25-6-5-20(15-31-25)17-37-10-8-36(9-11-37)7-4-12-42(39,40)41/h5-6,13-16,18H,4,7-12,17H2,1-3H3,(H,39,40,41)(H,31,32,34,35). The molecule has 11 nitrogen and oxygen atoms in total. The van der Waals surface area contributed by atoms with Crippen molar-refractivity contribution < 1.29 is 21.8 Å². The number of rotatable bonds is 10. The number of aromatic nitrogens is 5. The lowest BCUT2D eigenvalue weighted by Crippen LogP contribution is -2.46. The fourth-order valence-electron chi connectivity index (χ4n) is 5.29. The first-order valence-corrected chi connectivity index (χ1v) is 15.4. The molecule has 3 aromatic heterocycles. The average molecular weight is 601 g/mol. The molecule has 1 aromatic carbocycles. The van der Waals surface area contributed by atoms with E-state index in [1.165, 1.54) is 6.07 Å². The number of benzene rings is 1. The quantitative estimate of drug-likeness (QED) is 0.256. The van der Waals surface area contributed by atoms with Crippen molar-refractivity contribution in [2.45, 2.75) is 39.8 Å². The molecule has 0 unspecified atom stereocenters. The summed E-state index contributed by atoms with van der Waals surface area (Å²) in [6.45, 7) is 10.4. The van der Waals surface area contributed by atoms with Crippen LogP contribution in [0.25, 0.3) is 22.3 Å². The second-order valence-electron chi connectivity index (χ2n) is 10.8. The van der Waals surface area contributed by atoms with Crippen LogP contribution in [-0.4, -0.2) is 85.8 Å². The van der Waals surface area contributed by atoms with Gasteiger partial charge in [0.1, 0.15) is 22.9 Å². The van der Waals surface area contributed by atoms with E-state index in [0.717, 1.165) is 37.9 Å². The molecular formula is C28H34F2N8O3S. The van der Waals surface area contributed by atoms with Crippen LogP contribution in [0.1, 0.15) is 37.7 Å². The van der Waals surface area contributed by atoms with E-state index in [9.17, 15) is 17.2 Å². The summed E-state index contributed by atoms with van der Waals surface area (Å²) >= 11 is 0. The Morgan fingerprint density at radius 1 is 1.00 bits per heavy atom. The molecule has 14 heteroatoms. The smallest absolute Gasteiger partial charge is 0.264 e. The minimum atomic E-state index is -3.92. The van der Waals surface area contributed by atoms with Crippen molar-refractivity contribution in [1.29, 1.82) is 0 Å². The third kappa shape index (κ3) is 7.06.